The Hall–Kier alpha value is -1.32. The molecular formula is C11H17N3O. The molecule has 0 aromatic heterocycles. The fourth-order valence-electron chi connectivity index (χ4n) is 2.72. The van der Waals surface area contributed by atoms with Crippen molar-refractivity contribution in [1.82, 2.24) is 5.43 Å². The molecule has 0 spiro atoms. The van der Waals surface area contributed by atoms with Crippen LogP contribution in [0, 0.1) is 17.3 Å². The Balaban J connectivity index is 2.02. The Bertz CT molecular complexity index is 344. The molecule has 0 radical (unpaired) electrons. The Kier molecular flexibility index (Phi) is 2.29. The number of nitrogens with one attached hydrogen (secondary N) is 1. The van der Waals surface area contributed by atoms with Crippen LogP contribution in [0.3, 0.4) is 0 Å². The van der Waals surface area contributed by atoms with Gasteiger partial charge in [-0.25, -0.2) is 10.2 Å². The van der Waals surface area contributed by atoms with Crippen molar-refractivity contribution in [2.24, 2.45) is 28.1 Å². The van der Waals surface area contributed by atoms with Crippen molar-refractivity contribution in [3.05, 3.63) is 11.6 Å². The number of fused-ring (bicyclic) bond motifs is 1. The molecule has 2 atom stereocenters. The first kappa shape index (κ1) is 10.2. The predicted molar refractivity (Wildman–Crippen MR) is 59.3 cm³/mol. The van der Waals surface area contributed by atoms with E-state index in [1.54, 1.807) is 6.21 Å². The van der Waals surface area contributed by atoms with Gasteiger partial charge in [0.05, 0.1) is 6.21 Å². The molecule has 0 unspecified atom stereocenters. The Morgan fingerprint density at radius 1 is 1.73 bits per heavy atom. The molecule has 0 saturated heterocycles. The highest BCUT2D eigenvalue weighted by molar-refractivity contribution is 5.82. The molecule has 4 nitrogen and oxygen atoms in total. The van der Waals surface area contributed by atoms with E-state index >= 15 is 0 Å². The molecule has 0 heterocycles. The van der Waals surface area contributed by atoms with Gasteiger partial charge in [0.1, 0.15) is 0 Å². The first-order valence-electron chi connectivity index (χ1n) is 5.30. The summed E-state index contributed by atoms with van der Waals surface area (Å²) < 4.78 is 0. The van der Waals surface area contributed by atoms with E-state index < -0.39 is 6.03 Å². The zero-order valence-electron chi connectivity index (χ0n) is 9.16. The van der Waals surface area contributed by atoms with Gasteiger partial charge in [0.2, 0.25) is 0 Å². The van der Waals surface area contributed by atoms with Crippen LogP contribution in [-0.2, 0) is 0 Å². The third-order valence-corrected chi connectivity index (χ3v) is 3.90. The second-order valence-electron chi connectivity index (χ2n) is 4.98. The number of carbonyl (C=O) groups excluding carboxylic acids is 1. The molecule has 0 aromatic carbocycles. The number of urea groups is 1. The van der Waals surface area contributed by atoms with Gasteiger partial charge in [-0.15, -0.1) is 0 Å². The molecule has 82 valence electrons. The van der Waals surface area contributed by atoms with E-state index in [2.05, 4.69) is 30.5 Å². The zero-order chi connectivity index (χ0) is 11.1. The maximum Gasteiger partial charge on any atom is 0.332 e. The minimum Gasteiger partial charge on any atom is -0.350 e. The smallest absolute Gasteiger partial charge is 0.332 e. The molecule has 2 bridgehead atoms. The molecule has 2 amide bonds. The molecule has 3 rings (SSSR count). The molecule has 1 fully saturated rings. The summed E-state index contributed by atoms with van der Waals surface area (Å²) in [5.74, 6) is 1.42. The van der Waals surface area contributed by atoms with Crippen LogP contribution in [0.1, 0.15) is 26.7 Å². The lowest BCUT2D eigenvalue weighted by Crippen LogP contribution is -2.48. The van der Waals surface area contributed by atoms with Gasteiger partial charge in [-0.3, -0.25) is 0 Å². The summed E-state index contributed by atoms with van der Waals surface area (Å²) in [6.45, 7) is 4.60. The number of allylic oxidation sites excluding steroid dienone is 2. The minimum absolute atomic E-state index is 0.392. The number of hydrogen-bond donors (Lipinski definition) is 2. The van der Waals surface area contributed by atoms with Crippen LogP contribution in [0.2, 0.25) is 0 Å². The van der Waals surface area contributed by atoms with Gasteiger partial charge < -0.3 is 5.73 Å². The fourth-order valence-corrected chi connectivity index (χ4v) is 2.72. The normalized spacial score (nSPS) is 32.0. The summed E-state index contributed by atoms with van der Waals surface area (Å²) in [4.78, 5) is 10.4. The van der Waals surface area contributed by atoms with Crippen molar-refractivity contribution in [1.29, 1.82) is 0 Å². The van der Waals surface area contributed by atoms with Crippen molar-refractivity contribution >= 4 is 12.2 Å². The first-order chi connectivity index (χ1) is 7.01. The summed E-state index contributed by atoms with van der Waals surface area (Å²) in [7, 11) is 0. The van der Waals surface area contributed by atoms with Crippen LogP contribution in [0.4, 0.5) is 4.79 Å². The number of hydrazone groups is 1. The molecule has 1 saturated carbocycles. The summed E-state index contributed by atoms with van der Waals surface area (Å²) >= 11 is 0. The van der Waals surface area contributed by atoms with Crippen molar-refractivity contribution in [3.63, 3.8) is 0 Å². The number of hydrogen-bond acceptors (Lipinski definition) is 2. The van der Waals surface area contributed by atoms with Crippen LogP contribution in [0.25, 0.3) is 0 Å². The van der Waals surface area contributed by atoms with Crippen molar-refractivity contribution in [2.45, 2.75) is 26.7 Å². The lowest BCUT2D eigenvalue weighted by atomic mass is 9.49. The second kappa shape index (κ2) is 3.36. The molecule has 3 aliphatic rings. The monoisotopic (exact) mass is 207 g/mol. The van der Waals surface area contributed by atoms with Crippen molar-refractivity contribution in [3.8, 4) is 0 Å². The Morgan fingerprint density at radius 2 is 2.47 bits per heavy atom. The van der Waals surface area contributed by atoms with Crippen molar-refractivity contribution in [2.75, 3.05) is 0 Å². The summed E-state index contributed by atoms with van der Waals surface area (Å²) in [6, 6.07) is -0.617. The van der Waals surface area contributed by atoms with Crippen LogP contribution < -0.4 is 11.2 Å². The summed E-state index contributed by atoms with van der Waals surface area (Å²) in [5, 5.41) is 3.82. The molecule has 3 N–H and O–H groups in total. The van der Waals surface area contributed by atoms with E-state index in [-0.39, 0.29) is 0 Å². The van der Waals surface area contributed by atoms with Gasteiger partial charge in [-0.05, 0) is 35.7 Å². The van der Waals surface area contributed by atoms with E-state index in [0.29, 0.717) is 11.3 Å². The van der Waals surface area contributed by atoms with Crippen LogP contribution >= 0.6 is 0 Å². The van der Waals surface area contributed by atoms with Gasteiger partial charge in [0.15, 0.2) is 0 Å². The van der Waals surface area contributed by atoms with Crippen molar-refractivity contribution < 1.29 is 4.79 Å². The molecule has 15 heavy (non-hydrogen) atoms. The fraction of sp³-hybridized carbons (Fsp3) is 0.636. The van der Waals surface area contributed by atoms with Crippen LogP contribution in [0.15, 0.2) is 16.8 Å². The number of primary amides is 1. The van der Waals surface area contributed by atoms with Gasteiger partial charge in [-0.1, -0.05) is 19.9 Å². The van der Waals surface area contributed by atoms with E-state index in [9.17, 15) is 4.79 Å². The average molecular weight is 207 g/mol. The number of rotatable bonds is 2. The largest absolute Gasteiger partial charge is 0.350 e. The minimum atomic E-state index is -0.617. The summed E-state index contributed by atoms with van der Waals surface area (Å²) in [5.41, 5.74) is 8.77. The SMILES string of the molecule is CC1(C)[C@H]2CC=C(/C=N\NC(N)=O)[C@@H]1C2. The highest BCUT2D eigenvalue weighted by atomic mass is 16.2. The maximum atomic E-state index is 10.4. The molecule has 3 aliphatic carbocycles. The molecule has 0 aromatic rings. The van der Waals surface area contributed by atoms with Gasteiger partial charge in [0, 0.05) is 0 Å². The lowest BCUT2D eigenvalue weighted by Gasteiger charge is -2.55. The van der Waals surface area contributed by atoms with Gasteiger partial charge >= 0.3 is 6.03 Å². The van der Waals surface area contributed by atoms with Gasteiger partial charge in [-0.2, -0.15) is 5.10 Å². The van der Waals surface area contributed by atoms with E-state index in [4.69, 9.17) is 5.73 Å². The lowest BCUT2D eigenvalue weighted by molar-refractivity contribution is -0.00126. The van der Waals surface area contributed by atoms with Gasteiger partial charge in [0.25, 0.3) is 0 Å². The van der Waals surface area contributed by atoms with E-state index in [1.807, 2.05) is 0 Å². The Morgan fingerprint density at radius 3 is 3.00 bits per heavy atom. The third kappa shape index (κ3) is 1.64. The molecular weight excluding hydrogens is 190 g/mol. The number of carbonyl (C=O) groups is 1. The second-order valence-corrected chi connectivity index (χ2v) is 4.98. The third-order valence-electron chi connectivity index (χ3n) is 3.90. The highest BCUT2D eigenvalue weighted by Gasteiger charge is 2.50. The van der Waals surface area contributed by atoms with E-state index in [1.165, 1.54) is 12.0 Å². The van der Waals surface area contributed by atoms with Crippen LogP contribution in [0.5, 0.6) is 0 Å². The standard InChI is InChI=1S/C11H17N3O/c1-11(2)8-4-3-7(9(11)5-8)6-13-14-10(12)15/h3,6,8-9H,4-5H2,1-2H3,(H3,12,14,15)/b13-6-/t8-,9-/m0/s1. The average Bonchev–Trinajstić information content (AvgIpc) is 2.17. The predicted octanol–water partition coefficient (Wildman–Crippen LogP) is 1.63. The Labute approximate surface area is 89.6 Å². The maximum absolute atomic E-state index is 10.4. The highest BCUT2D eigenvalue weighted by Crippen LogP contribution is 2.58. The molecule has 4 heteroatoms. The molecule has 0 aliphatic heterocycles. The van der Waals surface area contributed by atoms with E-state index in [0.717, 1.165) is 12.3 Å². The summed E-state index contributed by atoms with van der Waals surface area (Å²) in [6.07, 6.45) is 6.33. The zero-order valence-corrected chi connectivity index (χ0v) is 9.16. The quantitative estimate of drug-likeness (QED) is 0.524. The number of nitrogens with two attached hydrogens (primary N) is 1. The first-order valence-corrected chi connectivity index (χ1v) is 5.30. The topological polar surface area (TPSA) is 67.5 Å². The number of nitrogens with zero attached hydrogens (tertiary/aromatic N) is 1. The van der Waals surface area contributed by atoms with Crippen LogP contribution in [-0.4, -0.2) is 12.2 Å². The number of amides is 2.